The van der Waals surface area contributed by atoms with Crippen molar-refractivity contribution in [3.63, 3.8) is 0 Å². The standard InChI is InChI=1S/C18H24F3N5O2.HI/c1-26-12-11-23-15(26)17(27,18(19,20)21)8-10-25-16(22)24-9-7-13-3-5-14(28-2)6-4-13;/h3-6,11-12,27H,7-10H2,1-2H3,(H3,22,24,25);1H. The normalized spacial score (nSPS) is 14.1. The van der Waals surface area contributed by atoms with Gasteiger partial charge in [-0.25, -0.2) is 4.98 Å². The van der Waals surface area contributed by atoms with Gasteiger partial charge < -0.3 is 25.5 Å². The van der Waals surface area contributed by atoms with Gasteiger partial charge in [0.05, 0.1) is 7.11 Å². The number of hydrogen-bond donors (Lipinski definition) is 3. The average Bonchev–Trinajstić information content (AvgIpc) is 3.07. The van der Waals surface area contributed by atoms with Gasteiger partial charge >= 0.3 is 6.18 Å². The van der Waals surface area contributed by atoms with Crippen molar-refractivity contribution in [2.75, 3.05) is 20.2 Å². The molecule has 1 heterocycles. The third-order valence-corrected chi connectivity index (χ3v) is 4.29. The number of ether oxygens (including phenoxy) is 1. The fourth-order valence-electron chi connectivity index (χ4n) is 2.67. The van der Waals surface area contributed by atoms with Crippen LogP contribution in [0.15, 0.2) is 41.7 Å². The van der Waals surface area contributed by atoms with Crippen molar-refractivity contribution >= 4 is 29.9 Å². The van der Waals surface area contributed by atoms with E-state index in [0.717, 1.165) is 15.9 Å². The molecule has 1 unspecified atom stereocenters. The first-order valence-electron chi connectivity index (χ1n) is 8.61. The highest BCUT2D eigenvalue weighted by Crippen LogP contribution is 2.40. The first-order chi connectivity index (χ1) is 13.2. The van der Waals surface area contributed by atoms with Gasteiger partial charge in [-0.15, -0.1) is 24.0 Å². The maximum Gasteiger partial charge on any atom is 0.424 e. The average molecular weight is 527 g/mol. The fourth-order valence-corrected chi connectivity index (χ4v) is 2.67. The SMILES string of the molecule is COc1ccc(CCNC(N)=NCCC(O)(c2nccn2C)C(F)(F)F)cc1.I. The highest BCUT2D eigenvalue weighted by molar-refractivity contribution is 14.0. The molecular weight excluding hydrogens is 502 g/mol. The van der Waals surface area contributed by atoms with Gasteiger partial charge in [-0.1, -0.05) is 12.1 Å². The van der Waals surface area contributed by atoms with Crippen molar-refractivity contribution in [3.8, 4) is 5.75 Å². The van der Waals surface area contributed by atoms with Gasteiger partial charge in [0.1, 0.15) is 11.6 Å². The van der Waals surface area contributed by atoms with Crippen molar-refractivity contribution in [3.05, 3.63) is 48.0 Å². The number of aliphatic imine (C=N–C) groups is 1. The Morgan fingerprint density at radius 1 is 1.31 bits per heavy atom. The molecule has 0 aliphatic rings. The Hall–Kier alpha value is -2.02. The van der Waals surface area contributed by atoms with Crippen molar-refractivity contribution in [1.29, 1.82) is 0 Å². The summed E-state index contributed by atoms with van der Waals surface area (Å²) in [5, 5.41) is 13.1. The van der Waals surface area contributed by atoms with Crippen LogP contribution in [0.1, 0.15) is 17.8 Å². The Morgan fingerprint density at radius 3 is 2.48 bits per heavy atom. The molecule has 0 saturated carbocycles. The van der Waals surface area contributed by atoms with Crippen LogP contribution < -0.4 is 15.8 Å². The van der Waals surface area contributed by atoms with E-state index in [1.165, 1.54) is 19.4 Å². The number of aromatic nitrogens is 2. The van der Waals surface area contributed by atoms with E-state index < -0.39 is 24.0 Å². The molecule has 0 spiro atoms. The number of imidazole rings is 1. The molecular formula is C18H25F3IN5O2. The van der Waals surface area contributed by atoms with Crippen LogP contribution >= 0.6 is 24.0 Å². The second-order valence-corrected chi connectivity index (χ2v) is 6.26. The zero-order chi connectivity index (χ0) is 20.8. The molecule has 0 fully saturated rings. The van der Waals surface area contributed by atoms with Crippen molar-refractivity contribution in [1.82, 2.24) is 14.9 Å². The zero-order valence-electron chi connectivity index (χ0n) is 16.1. The number of aliphatic hydroxyl groups is 1. The predicted molar refractivity (Wildman–Crippen MR) is 114 cm³/mol. The summed E-state index contributed by atoms with van der Waals surface area (Å²) in [6.07, 6.45) is -2.39. The molecule has 7 nitrogen and oxygen atoms in total. The van der Waals surface area contributed by atoms with Crippen molar-refractivity contribution < 1.29 is 23.0 Å². The molecule has 1 aromatic heterocycles. The number of nitrogens with zero attached hydrogens (tertiary/aromatic N) is 3. The van der Waals surface area contributed by atoms with Crippen LogP contribution in [0.3, 0.4) is 0 Å². The van der Waals surface area contributed by atoms with E-state index in [-0.39, 0.29) is 36.5 Å². The van der Waals surface area contributed by atoms with E-state index in [4.69, 9.17) is 10.5 Å². The lowest BCUT2D eigenvalue weighted by Crippen LogP contribution is -2.45. The van der Waals surface area contributed by atoms with E-state index in [0.29, 0.717) is 13.0 Å². The van der Waals surface area contributed by atoms with Gasteiger partial charge in [0.25, 0.3) is 0 Å². The Morgan fingerprint density at radius 2 is 1.97 bits per heavy atom. The molecule has 11 heteroatoms. The van der Waals surface area contributed by atoms with Crippen LogP contribution in [0.5, 0.6) is 5.75 Å². The smallest absolute Gasteiger partial charge is 0.424 e. The summed E-state index contributed by atoms with van der Waals surface area (Å²) in [5.41, 5.74) is 3.65. The minimum atomic E-state index is -4.89. The summed E-state index contributed by atoms with van der Waals surface area (Å²) >= 11 is 0. The van der Waals surface area contributed by atoms with Crippen LogP contribution in [-0.4, -0.2) is 47.0 Å². The lowest BCUT2D eigenvalue weighted by molar-refractivity contribution is -0.272. The number of rotatable bonds is 8. The molecule has 29 heavy (non-hydrogen) atoms. The first kappa shape index (κ1) is 25.0. The highest BCUT2D eigenvalue weighted by Gasteiger charge is 2.57. The predicted octanol–water partition coefficient (Wildman–Crippen LogP) is 2.33. The van der Waals surface area contributed by atoms with E-state index in [9.17, 15) is 18.3 Å². The molecule has 1 aromatic carbocycles. The van der Waals surface area contributed by atoms with Gasteiger partial charge in [0.2, 0.25) is 5.60 Å². The Kier molecular flexibility index (Phi) is 9.20. The summed E-state index contributed by atoms with van der Waals surface area (Å²) in [6, 6.07) is 7.49. The van der Waals surface area contributed by atoms with Crippen LogP contribution in [0.4, 0.5) is 13.2 Å². The third kappa shape index (κ3) is 6.49. The number of methoxy groups -OCH3 is 1. The Bertz CT molecular complexity index is 796. The summed E-state index contributed by atoms with van der Waals surface area (Å²) in [6.45, 7) is 0.148. The summed E-state index contributed by atoms with van der Waals surface area (Å²) in [5.74, 6) is 0.279. The second kappa shape index (κ2) is 10.7. The number of nitrogens with one attached hydrogen (secondary N) is 1. The number of aryl methyl sites for hydroxylation is 1. The molecule has 4 N–H and O–H groups in total. The minimum absolute atomic E-state index is 0. The van der Waals surface area contributed by atoms with Crippen LogP contribution in [0.2, 0.25) is 0 Å². The lowest BCUT2D eigenvalue weighted by atomic mass is 9.98. The number of alkyl halides is 3. The van der Waals surface area contributed by atoms with Gasteiger partial charge in [-0.3, -0.25) is 4.99 Å². The maximum atomic E-state index is 13.4. The topological polar surface area (TPSA) is 97.7 Å². The van der Waals surface area contributed by atoms with E-state index in [2.05, 4.69) is 15.3 Å². The molecule has 0 bridgehead atoms. The number of halogens is 4. The molecule has 0 radical (unpaired) electrons. The molecule has 0 amide bonds. The van der Waals surface area contributed by atoms with Crippen LogP contribution in [-0.2, 0) is 19.1 Å². The highest BCUT2D eigenvalue weighted by atomic mass is 127. The molecule has 0 saturated heterocycles. The number of nitrogens with two attached hydrogens (primary N) is 1. The van der Waals surface area contributed by atoms with E-state index in [1.54, 1.807) is 7.11 Å². The van der Waals surface area contributed by atoms with E-state index in [1.807, 2.05) is 24.3 Å². The van der Waals surface area contributed by atoms with Crippen LogP contribution in [0.25, 0.3) is 0 Å². The number of benzene rings is 1. The van der Waals surface area contributed by atoms with Gasteiger partial charge in [0.15, 0.2) is 5.96 Å². The zero-order valence-corrected chi connectivity index (χ0v) is 18.4. The van der Waals surface area contributed by atoms with Crippen LogP contribution in [0, 0.1) is 0 Å². The lowest BCUT2D eigenvalue weighted by Gasteiger charge is -2.29. The minimum Gasteiger partial charge on any atom is -0.497 e. The molecule has 0 aliphatic carbocycles. The molecule has 1 atom stereocenters. The van der Waals surface area contributed by atoms with Gasteiger partial charge in [-0.05, 0) is 24.1 Å². The number of guanidine groups is 1. The fraction of sp³-hybridized carbons (Fsp3) is 0.444. The Balaban J connectivity index is 0.00000420. The summed E-state index contributed by atoms with van der Waals surface area (Å²) in [7, 11) is 2.97. The number of hydrogen-bond acceptors (Lipinski definition) is 4. The van der Waals surface area contributed by atoms with E-state index >= 15 is 0 Å². The second-order valence-electron chi connectivity index (χ2n) is 6.26. The summed E-state index contributed by atoms with van der Waals surface area (Å²) < 4.78 is 46.4. The van der Waals surface area contributed by atoms with Gasteiger partial charge in [0, 0.05) is 39.0 Å². The maximum absolute atomic E-state index is 13.4. The third-order valence-electron chi connectivity index (χ3n) is 4.29. The molecule has 162 valence electrons. The Labute approximate surface area is 184 Å². The molecule has 2 aromatic rings. The summed E-state index contributed by atoms with van der Waals surface area (Å²) in [4.78, 5) is 7.52. The molecule has 0 aliphatic heterocycles. The monoisotopic (exact) mass is 527 g/mol. The molecule has 2 rings (SSSR count). The largest absolute Gasteiger partial charge is 0.497 e. The van der Waals surface area contributed by atoms with Crippen molar-refractivity contribution in [2.45, 2.75) is 24.6 Å². The quantitative estimate of drug-likeness (QED) is 0.278. The first-order valence-corrected chi connectivity index (χ1v) is 8.61. The van der Waals surface area contributed by atoms with Crippen molar-refractivity contribution in [2.24, 2.45) is 17.8 Å². The van der Waals surface area contributed by atoms with Gasteiger partial charge in [-0.2, -0.15) is 13.2 Å².